The summed E-state index contributed by atoms with van der Waals surface area (Å²) < 4.78 is 0. The molecule has 0 aromatic heterocycles. The Hall–Kier alpha value is -0.200. The summed E-state index contributed by atoms with van der Waals surface area (Å²) in [6.45, 7) is 0.611. The van der Waals surface area contributed by atoms with E-state index in [4.69, 9.17) is 0 Å². The first-order valence-electron chi connectivity index (χ1n) is 1.74. The number of hydrogen-bond donors (Lipinski definition) is 0. The molecule has 1 rings (SSSR count). The molecule has 1 aliphatic rings. The van der Waals surface area contributed by atoms with Gasteiger partial charge >= 0.3 is 0 Å². The van der Waals surface area contributed by atoms with Crippen LogP contribution in [0.2, 0.25) is 0 Å². The van der Waals surface area contributed by atoms with Crippen LogP contribution < -0.4 is 0 Å². The van der Waals surface area contributed by atoms with E-state index in [1.807, 2.05) is 0 Å². The van der Waals surface area contributed by atoms with E-state index in [0.29, 0.717) is 13.2 Å². The van der Waals surface area contributed by atoms with Gasteiger partial charge in [-0.1, -0.05) is 0 Å². The summed E-state index contributed by atoms with van der Waals surface area (Å²) in [5, 5.41) is 11.4. The van der Waals surface area contributed by atoms with Crippen molar-refractivity contribution in [1.29, 1.82) is 0 Å². The van der Waals surface area contributed by atoms with Crippen molar-refractivity contribution in [3.63, 3.8) is 0 Å². The second-order valence-corrected chi connectivity index (χ2v) is 0.848. The molecule has 0 N–H and O–H groups in total. The maximum atomic E-state index is 4.22. The van der Waals surface area contributed by atoms with Gasteiger partial charge in [0.25, 0.3) is 0 Å². The van der Waals surface area contributed by atoms with Crippen LogP contribution in [0.15, 0.2) is 0 Å². The highest BCUT2D eigenvalue weighted by molar-refractivity contribution is 4.13. The van der Waals surface area contributed by atoms with Gasteiger partial charge in [0, 0.05) is 0 Å². The Labute approximate surface area is 39.4 Å². The summed E-state index contributed by atoms with van der Waals surface area (Å²) in [4.78, 5) is 8.44. The van der Waals surface area contributed by atoms with Gasteiger partial charge in [-0.05, 0) is 15.1 Å². The fourth-order valence-electron chi connectivity index (χ4n) is 0.187. The molecule has 1 fully saturated rings. The van der Waals surface area contributed by atoms with Crippen molar-refractivity contribution in [1.82, 2.24) is 0 Å². The molecule has 0 radical (unpaired) electrons. The lowest BCUT2D eigenvalue weighted by molar-refractivity contribution is -0.688. The lowest BCUT2D eigenvalue weighted by atomic mass is 10.8. The number of hydrogen-bond acceptors (Lipinski definition) is 5. The van der Waals surface area contributed by atoms with E-state index in [1.165, 1.54) is 0 Å². The van der Waals surface area contributed by atoms with Crippen LogP contribution >= 0.6 is 0 Å². The minimum Gasteiger partial charge on any atom is -0.201 e. The van der Waals surface area contributed by atoms with Crippen LogP contribution in [0.25, 0.3) is 0 Å². The third kappa shape index (κ3) is 1.81. The first-order valence-corrected chi connectivity index (χ1v) is 1.74. The van der Waals surface area contributed by atoms with Crippen LogP contribution in [0.4, 0.5) is 0 Å². The summed E-state index contributed by atoms with van der Waals surface area (Å²) >= 11 is 0. The standard InChI is InChI=1S/C2H4O5/c1-2-4-6-7-5-3-1/h1-2H2. The Morgan fingerprint density at radius 1 is 0.714 bits per heavy atom. The second kappa shape index (κ2) is 2.89. The molecule has 0 spiro atoms. The van der Waals surface area contributed by atoms with E-state index in [9.17, 15) is 0 Å². The molecule has 0 atom stereocenters. The molecule has 42 valence electrons. The second-order valence-electron chi connectivity index (χ2n) is 0.848. The van der Waals surface area contributed by atoms with Gasteiger partial charge in [0.05, 0.1) is 0 Å². The van der Waals surface area contributed by atoms with Crippen molar-refractivity contribution >= 4 is 0 Å². The van der Waals surface area contributed by atoms with Crippen LogP contribution in [0.5, 0.6) is 0 Å². The zero-order valence-electron chi connectivity index (χ0n) is 3.46. The SMILES string of the molecule is C1COOOOO1. The Morgan fingerprint density at radius 3 is 1.86 bits per heavy atom. The van der Waals surface area contributed by atoms with Crippen LogP contribution in [-0.2, 0) is 24.9 Å². The lowest BCUT2D eigenvalue weighted by Gasteiger charge is -1.86. The normalized spacial score (nSPS) is 24.0. The average molecular weight is 108 g/mol. The van der Waals surface area contributed by atoms with Gasteiger partial charge in [-0.25, -0.2) is 9.78 Å². The zero-order valence-corrected chi connectivity index (χ0v) is 3.46. The quantitative estimate of drug-likeness (QED) is 0.400. The van der Waals surface area contributed by atoms with E-state index in [0.717, 1.165) is 0 Å². The maximum absolute atomic E-state index is 4.22. The Bertz CT molecular complexity index is 25.7. The molecule has 0 saturated carbocycles. The Balaban J connectivity index is 2.04. The van der Waals surface area contributed by atoms with E-state index in [1.54, 1.807) is 0 Å². The van der Waals surface area contributed by atoms with Crippen molar-refractivity contribution < 1.29 is 24.9 Å². The van der Waals surface area contributed by atoms with Crippen molar-refractivity contribution in [3.8, 4) is 0 Å². The smallest absolute Gasteiger partial charge is 0.112 e. The fraction of sp³-hybridized carbons (Fsp3) is 1.00. The van der Waals surface area contributed by atoms with Gasteiger partial charge < -0.3 is 0 Å². The Morgan fingerprint density at radius 2 is 1.29 bits per heavy atom. The molecule has 0 bridgehead atoms. The molecule has 0 unspecified atom stereocenters. The molecule has 0 aliphatic carbocycles. The van der Waals surface area contributed by atoms with Crippen LogP contribution in [-0.4, -0.2) is 13.2 Å². The van der Waals surface area contributed by atoms with Gasteiger partial charge in [0.1, 0.15) is 13.2 Å². The third-order valence-electron chi connectivity index (χ3n) is 0.402. The predicted molar refractivity (Wildman–Crippen MR) is 15.2 cm³/mol. The lowest BCUT2D eigenvalue weighted by Crippen LogP contribution is -1.95. The third-order valence-corrected chi connectivity index (χ3v) is 0.402. The molecule has 5 heteroatoms. The van der Waals surface area contributed by atoms with E-state index < -0.39 is 0 Å². The van der Waals surface area contributed by atoms with E-state index in [2.05, 4.69) is 24.9 Å². The zero-order chi connectivity index (χ0) is 4.95. The van der Waals surface area contributed by atoms with Crippen LogP contribution in [0, 0.1) is 0 Å². The van der Waals surface area contributed by atoms with E-state index in [-0.39, 0.29) is 0 Å². The predicted octanol–water partition coefficient (Wildman–Crippen LogP) is -0.257. The summed E-state index contributed by atoms with van der Waals surface area (Å²) in [5.74, 6) is 0. The van der Waals surface area contributed by atoms with Gasteiger partial charge in [-0.3, -0.25) is 0 Å². The molecule has 5 nitrogen and oxygen atoms in total. The molecule has 1 saturated heterocycles. The van der Waals surface area contributed by atoms with Crippen LogP contribution in [0.1, 0.15) is 0 Å². The largest absolute Gasteiger partial charge is 0.201 e. The van der Waals surface area contributed by atoms with Gasteiger partial charge in [-0.15, -0.1) is 0 Å². The van der Waals surface area contributed by atoms with Gasteiger partial charge in [-0.2, -0.15) is 0 Å². The summed E-state index contributed by atoms with van der Waals surface area (Å²) in [7, 11) is 0. The minimum absolute atomic E-state index is 0.306. The van der Waals surface area contributed by atoms with Gasteiger partial charge in [0.15, 0.2) is 0 Å². The van der Waals surface area contributed by atoms with Crippen LogP contribution in [0.3, 0.4) is 0 Å². The summed E-state index contributed by atoms with van der Waals surface area (Å²) in [6.07, 6.45) is 0. The van der Waals surface area contributed by atoms with Crippen molar-refractivity contribution in [2.24, 2.45) is 0 Å². The minimum atomic E-state index is 0.306. The molecule has 0 aromatic rings. The highest BCUT2D eigenvalue weighted by Gasteiger charge is 1.97. The van der Waals surface area contributed by atoms with Crippen molar-refractivity contribution in [3.05, 3.63) is 0 Å². The van der Waals surface area contributed by atoms with Crippen molar-refractivity contribution in [2.45, 2.75) is 0 Å². The molecular formula is C2H4O5. The Kier molecular flexibility index (Phi) is 2.04. The summed E-state index contributed by atoms with van der Waals surface area (Å²) in [6, 6.07) is 0. The molecule has 0 aromatic carbocycles. The summed E-state index contributed by atoms with van der Waals surface area (Å²) in [5.41, 5.74) is 0. The molecule has 0 amide bonds. The highest BCUT2D eigenvalue weighted by atomic mass is 17.8. The highest BCUT2D eigenvalue weighted by Crippen LogP contribution is 1.90. The van der Waals surface area contributed by atoms with Crippen molar-refractivity contribution in [2.75, 3.05) is 13.2 Å². The fourth-order valence-corrected chi connectivity index (χ4v) is 0.187. The monoisotopic (exact) mass is 108 g/mol. The molecular weight excluding hydrogens is 104 g/mol. The first-order chi connectivity index (χ1) is 3.50. The molecule has 7 heavy (non-hydrogen) atoms. The van der Waals surface area contributed by atoms with E-state index >= 15 is 0 Å². The molecule has 1 heterocycles. The maximum Gasteiger partial charge on any atom is 0.112 e. The topological polar surface area (TPSA) is 46.2 Å². The number of rotatable bonds is 0. The first kappa shape index (κ1) is 4.95. The molecule has 1 aliphatic heterocycles. The average Bonchev–Trinajstić information content (AvgIpc) is 1.90. The van der Waals surface area contributed by atoms with Gasteiger partial charge in [0.2, 0.25) is 0 Å².